The predicted molar refractivity (Wildman–Crippen MR) is 98.5 cm³/mol. The SMILES string of the molecule is O=C(Nc1cc(Cl)cc(OC(F)(F)F)c1)Nc1cc(Br)cc(Br)c1CO. The van der Waals surface area contributed by atoms with Crippen molar-refractivity contribution in [3.8, 4) is 5.75 Å². The Morgan fingerprint density at radius 1 is 1.15 bits per heavy atom. The molecular weight excluding hydrogens is 508 g/mol. The molecule has 2 amide bonds. The van der Waals surface area contributed by atoms with E-state index in [0.717, 1.165) is 12.1 Å². The van der Waals surface area contributed by atoms with Crippen LogP contribution in [0.15, 0.2) is 39.3 Å². The summed E-state index contributed by atoms with van der Waals surface area (Å²) in [7, 11) is 0. The van der Waals surface area contributed by atoms with Gasteiger partial charge in [0.25, 0.3) is 0 Å². The van der Waals surface area contributed by atoms with Crippen LogP contribution in [-0.2, 0) is 6.61 Å². The molecule has 0 heterocycles. The number of anilines is 2. The van der Waals surface area contributed by atoms with Crippen LogP contribution >= 0.6 is 43.5 Å². The number of nitrogens with one attached hydrogen (secondary N) is 2. The lowest BCUT2D eigenvalue weighted by Gasteiger charge is -2.14. The third-order valence-electron chi connectivity index (χ3n) is 2.93. The van der Waals surface area contributed by atoms with Crippen molar-refractivity contribution in [3.63, 3.8) is 0 Å². The maximum Gasteiger partial charge on any atom is 0.573 e. The Morgan fingerprint density at radius 3 is 2.46 bits per heavy atom. The first-order chi connectivity index (χ1) is 12.1. The van der Waals surface area contributed by atoms with Gasteiger partial charge in [-0.05, 0) is 24.3 Å². The number of urea groups is 1. The highest BCUT2D eigenvalue weighted by Gasteiger charge is 2.31. The van der Waals surface area contributed by atoms with E-state index in [2.05, 4.69) is 47.2 Å². The van der Waals surface area contributed by atoms with Crippen LogP contribution in [0.3, 0.4) is 0 Å². The van der Waals surface area contributed by atoms with Gasteiger partial charge in [0.1, 0.15) is 5.75 Å². The van der Waals surface area contributed by atoms with E-state index >= 15 is 0 Å². The molecule has 0 saturated heterocycles. The number of alkyl halides is 3. The lowest BCUT2D eigenvalue weighted by atomic mass is 10.2. The number of amides is 2. The summed E-state index contributed by atoms with van der Waals surface area (Å²) in [5.41, 5.74) is 0.726. The van der Waals surface area contributed by atoms with Crippen LogP contribution in [0.5, 0.6) is 5.75 Å². The molecule has 26 heavy (non-hydrogen) atoms. The number of aliphatic hydroxyl groups is 1. The summed E-state index contributed by atoms with van der Waals surface area (Å²) in [6.45, 7) is -0.343. The molecule has 2 aromatic carbocycles. The molecule has 0 aliphatic carbocycles. The molecule has 3 N–H and O–H groups in total. The molecule has 0 aliphatic heterocycles. The summed E-state index contributed by atoms with van der Waals surface area (Å²) in [5, 5.41) is 14.2. The van der Waals surface area contributed by atoms with E-state index in [1.54, 1.807) is 12.1 Å². The van der Waals surface area contributed by atoms with Crippen molar-refractivity contribution < 1.29 is 27.8 Å². The first-order valence-electron chi connectivity index (χ1n) is 6.80. The number of carbonyl (C=O) groups is 1. The average molecular weight is 519 g/mol. The summed E-state index contributed by atoms with van der Waals surface area (Å²) in [4.78, 5) is 12.1. The summed E-state index contributed by atoms with van der Waals surface area (Å²) < 4.78 is 41.9. The van der Waals surface area contributed by atoms with Gasteiger partial charge in [-0.1, -0.05) is 43.5 Å². The third kappa shape index (κ3) is 6.04. The van der Waals surface area contributed by atoms with Crippen molar-refractivity contribution in [2.24, 2.45) is 0 Å². The van der Waals surface area contributed by atoms with E-state index in [0.29, 0.717) is 20.2 Å². The Balaban J connectivity index is 2.18. The molecular formula is C15H10Br2ClF3N2O3. The van der Waals surface area contributed by atoms with Crippen LogP contribution in [0.1, 0.15) is 5.56 Å². The molecule has 2 rings (SSSR count). The van der Waals surface area contributed by atoms with Gasteiger partial charge in [0.2, 0.25) is 0 Å². The van der Waals surface area contributed by atoms with Crippen LogP contribution in [0.2, 0.25) is 5.02 Å². The molecule has 0 radical (unpaired) electrons. The van der Waals surface area contributed by atoms with E-state index in [1.807, 2.05) is 0 Å². The fraction of sp³-hybridized carbons (Fsp3) is 0.133. The monoisotopic (exact) mass is 516 g/mol. The lowest BCUT2D eigenvalue weighted by molar-refractivity contribution is -0.274. The summed E-state index contributed by atoms with van der Waals surface area (Å²) in [6.07, 6.45) is -4.89. The summed E-state index contributed by atoms with van der Waals surface area (Å²) in [5.74, 6) is -0.568. The Bertz CT molecular complexity index is 835. The Labute approximate surface area is 167 Å². The smallest absolute Gasteiger partial charge is 0.406 e. The third-order valence-corrected chi connectivity index (χ3v) is 4.31. The molecule has 2 aromatic rings. The maximum atomic E-state index is 12.3. The summed E-state index contributed by atoms with van der Waals surface area (Å²) in [6, 6.07) is 5.70. The molecule has 0 spiro atoms. The molecule has 0 atom stereocenters. The molecule has 11 heteroatoms. The van der Waals surface area contributed by atoms with Crippen LogP contribution in [0.4, 0.5) is 29.3 Å². The second kappa shape index (κ2) is 8.47. The zero-order valence-corrected chi connectivity index (χ0v) is 16.6. The minimum Gasteiger partial charge on any atom is -0.406 e. The fourth-order valence-corrected chi connectivity index (χ4v) is 3.56. The molecule has 140 valence electrons. The number of hydrogen-bond donors (Lipinski definition) is 3. The number of hydrogen-bond acceptors (Lipinski definition) is 3. The van der Waals surface area contributed by atoms with Crippen LogP contribution in [-0.4, -0.2) is 17.5 Å². The van der Waals surface area contributed by atoms with Crippen molar-refractivity contribution >= 4 is 60.9 Å². The van der Waals surface area contributed by atoms with Crippen molar-refractivity contribution in [2.45, 2.75) is 13.0 Å². The van der Waals surface area contributed by atoms with Crippen LogP contribution < -0.4 is 15.4 Å². The van der Waals surface area contributed by atoms with E-state index in [9.17, 15) is 23.1 Å². The van der Waals surface area contributed by atoms with Gasteiger partial charge in [0.05, 0.1) is 12.3 Å². The fourth-order valence-electron chi connectivity index (χ4n) is 1.99. The first kappa shape index (κ1) is 20.8. The van der Waals surface area contributed by atoms with Gasteiger partial charge in [-0.25, -0.2) is 4.79 Å². The number of aliphatic hydroxyl groups excluding tert-OH is 1. The van der Waals surface area contributed by atoms with Gasteiger partial charge >= 0.3 is 12.4 Å². The minimum absolute atomic E-state index is 0.00568. The van der Waals surface area contributed by atoms with Crippen molar-refractivity contribution in [1.82, 2.24) is 0 Å². The van der Waals surface area contributed by atoms with Gasteiger partial charge < -0.3 is 20.5 Å². The van der Waals surface area contributed by atoms with Gasteiger partial charge in [-0.3, -0.25) is 0 Å². The van der Waals surface area contributed by atoms with E-state index in [4.69, 9.17) is 11.6 Å². The van der Waals surface area contributed by atoms with Gasteiger partial charge in [0, 0.05) is 31.3 Å². The summed E-state index contributed by atoms with van der Waals surface area (Å²) >= 11 is 12.3. The molecule has 5 nitrogen and oxygen atoms in total. The number of benzene rings is 2. The molecule has 0 saturated carbocycles. The largest absolute Gasteiger partial charge is 0.573 e. The van der Waals surface area contributed by atoms with Crippen LogP contribution in [0.25, 0.3) is 0 Å². The van der Waals surface area contributed by atoms with Gasteiger partial charge in [-0.2, -0.15) is 0 Å². The average Bonchev–Trinajstić information content (AvgIpc) is 2.43. The number of halogens is 6. The highest BCUT2D eigenvalue weighted by Crippen LogP contribution is 2.31. The first-order valence-corrected chi connectivity index (χ1v) is 8.77. The standard InChI is InChI=1S/C15H10Br2ClF3N2O3/c16-7-1-12(17)11(6-24)13(2-7)23-14(25)22-9-3-8(18)4-10(5-9)26-15(19,20)21/h1-5,24H,6H2,(H2,22,23,25). The van der Waals surface area contributed by atoms with Crippen LogP contribution in [0, 0.1) is 0 Å². The molecule has 0 aromatic heterocycles. The second-order valence-corrected chi connectivity index (χ2v) is 7.08. The van der Waals surface area contributed by atoms with E-state index < -0.39 is 18.1 Å². The highest BCUT2D eigenvalue weighted by molar-refractivity contribution is 9.11. The second-order valence-electron chi connectivity index (χ2n) is 4.87. The quantitative estimate of drug-likeness (QED) is 0.472. The van der Waals surface area contributed by atoms with Gasteiger partial charge in [0.15, 0.2) is 0 Å². The minimum atomic E-state index is -4.89. The van der Waals surface area contributed by atoms with Crippen molar-refractivity contribution in [1.29, 1.82) is 0 Å². The topological polar surface area (TPSA) is 70.6 Å². The molecule has 0 unspecified atom stereocenters. The van der Waals surface area contributed by atoms with E-state index in [1.165, 1.54) is 6.07 Å². The zero-order valence-electron chi connectivity index (χ0n) is 12.6. The lowest BCUT2D eigenvalue weighted by Crippen LogP contribution is -2.21. The number of rotatable bonds is 4. The van der Waals surface area contributed by atoms with Gasteiger partial charge in [-0.15, -0.1) is 13.2 Å². The van der Waals surface area contributed by atoms with Crippen molar-refractivity contribution in [2.75, 3.05) is 10.6 Å². The predicted octanol–water partition coefficient (Wildman–Crippen LogP) is 5.90. The normalized spacial score (nSPS) is 11.2. The molecule has 0 aliphatic rings. The molecule has 0 fully saturated rings. The zero-order chi connectivity index (χ0) is 19.5. The van der Waals surface area contributed by atoms with E-state index in [-0.39, 0.29) is 17.3 Å². The van der Waals surface area contributed by atoms with Crippen molar-refractivity contribution in [3.05, 3.63) is 49.9 Å². The molecule has 0 bridgehead atoms. The Kier molecular flexibility index (Phi) is 6.78. The number of ether oxygens (including phenoxy) is 1. The Morgan fingerprint density at radius 2 is 1.85 bits per heavy atom. The highest BCUT2D eigenvalue weighted by atomic mass is 79.9. The maximum absolute atomic E-state index is 12.3. The Hall–Kier alpha value is -1.49. The number of carbonyl (C=O) groups excluding carboxylic acids is 1.